The summed E-state index contributed by atoms with van der Waals surface area (Å²) in [7, 11) is 0. The van der Waals surface area contributed by atoms with E-state index in [-0.39, 0.29) is 29.7 Å². The third-order valence-electron chi connectivity index (χ3n) is 3.44. The Morgan fingerprint density at radius 3 is 2.08 bits per heavy atom. The minimum absolute atomic E-state index is 0. The van der Waals surface area contributed by atoms with Crippen LogP contribution in [0.2, 0.25) is 0 Å². The summed E-state index contributed by atoms with van der Waals surface area (Å²) in [6.45, 7) is 3.37. The Hall–Kier alpha value is -1.97. The van der Waals surface area contributed by atoms with Crippen molar-refractivity contribution in [2.24, 2.45) is 4.99 Å². The van der Waals surface area contributed by atoms with Crippen LogP contribution < -0.4 is 10.6 Å². The van der Waals surface area contributed by atoms with Crippen LogP contribution in [0.1, 0.15) is 23.6 Å². The first-order valence-electron chi connectivity index (χ1n) is 7.84. The van der Waals surface area contributed by atoms with E-state index in [1.165, 1.54) is 12.1 Å². The second-order valence-electron chi connectivity index (χ2n) is 5.41. The molecular weight excluding hydrogens is 458 g/mol. The zero-order chi connectivity index (χ0) is 18.3. The van der Waals surface area contributed by atoms with Crippen LogP contribution in [0.4, 0.5) is 13.2 Å². The highest BCUT2D eigenvalue weighted by atomic mass is 127. The molecule has 26 heavy (non-hydrogen) atoms. The SMILES string of the molecule is CCNC(=NCc1ccc(O)cc1)NCc1ccc(C(F)(F)F)cc1.I. The van der Waals surface area contributed by atoms with Gasteiger partial charge in [0.05, 0.1) is 12.1 Å². The molecule has 0 fully saturated rings. The summed E-state index contributed by atoms with van der Waals surface area (Å²) in [5.41, 5.74) is 0.997. The van der Waals surface area contributed by atoms with Gasteiger partial charge in [-0.2, -0.15) is 13.2 Å². The van der Waals surface area contributed by atoms with E-state index in [0.29, 0.717) is 25.6 Å². The predicted molar refractivity (Wildman–Crippen MR) is 107 cm³/mol. The number of phenolic OH excluding ortho intramolecular Hbond substituents is 1. The maximum atomic E-state index is 12.6. The zero-order valence-electron chi connectivity index (χ0n) is 14.2. The van der Waals surface area contributed by atoms with Crippen molar-refractivity contribution in [1.82, 2.24) is 10.6 Å². The number of hydrogen-bond acceptors (Lipinski definition) is 2. The normalized spacial score (nSPS) is 11.6. The van der Waals surface area contributed by atoms with Crippen LogP contribution in [0.5, 0.6) is 5.75 Å². The second kappa shape index (κ2) is 10.2. The van der Waals surface area contributed by atoms with Crippen LogP contribution in [-0.2, 0) is 19.3 Å². The second-order valence-corrected chi connectivity index (χ2v) is 5.41. The Morgan fingerprint density at radius 1 is 0.962 bits per heavy atom. The van der Waals surface area contributed by atoms with Gasteiger partial charge in [0.1, 0.15) is 5.75 Å². The monoisotopic (exact) mass is 479 g/mol. The lowest BCUT2D eigenvalue weighted by Gasteiger charge is -2.12. The van der Waals surface area contributed by atoms with Crippen LogP contribution in [0, 0.1) is 0 Å². The van der Waals surface area contributed by atoms with Gasteiger partial charge in [0, 0.05) is 13.1 Å². The highest BCUT2D eigenvalue weighted by molar-refractivity contribution is 14.0. The lowest BCUT2D eigenvalue weighted by Crippen LogP contribution is -2.36. The van der Waals surface area contributed by atoms with Gasteiger partial charge in [0.15, 0.2) is 5.96 Å². The summed E-state index contributed by atoms with van der Waals surface area (Å²) in [4.78, 5) is 4.42. The minimum atomic E-state index is -4.33. The van der Waals surface area contributed by atoms with E-state index in [4.69, 9.17) is 0 Å². The quantitative estimate of drug-likeness (QED) is 0.341. The fourth-order valence-electron chi connectivity index (χ4n) is 2.11. The predicted octanol–water partition coefficient (Wildman–Crippen LogP) is 4.28. The van der Waals surface area contributed by atoms with Gasteiger partial charge in [0.2, 0.25) is 0 Å². The molecule has 8 heteroatoms. The zero-order valence-corrected chi connectivity index (χ0v) is 16.5. The molecule has 4 nitrogen and oxygen atoms in total. The lowest BCUT2D eigenvalue weighted by molar-refractivity contribution is -0.137. The van der Waals surface area contributed by atoms with Crippen molar-refractivity contribution in [1.29, 1.82) is 0 Å². The van der Waals surface area contributed by atoms with Crippen molar-refractivity contribution in [2.75, 3.05) is 6.54 Å². The molecule has 0 saturated carbocycles. The van der Waals surface area contributed by atoms with Crippen molar-refractivity contribution in [3.63, 3.8) is 0 Å². The van der Waals surface area contributed by atoms with Crippen LogP contribution in [-0.4, -0.2) is 17.6 Å². The number of rotatable bonds is 5. The molecule has 0 heterocycles. The molecule has 2 rings (SSSR count). The molecule has 0 aliphatic rings. The van der Waals surface area contributed by atoms with Gasteiger partial charge in [-0.15, -0.1) is 24.0 Å². The molecule has 0 spiro atoms. The average molecular weight is 479 g/mol. The van der Waals surface area contributed by atoms with E-state index in [9.17, 15) is 18.3 Å². The highest BCUT2D eigenvalue weighted by Crippen LogP contribution is 2.29. The minimum Gasteiger partial charge on any atom is -0.508 e. The Labute approximate surface area is 167 Å². The van der Waals surface area contributed by atoms with Crippen molar-refractivity contribution in [2.45, 2.75) is 26.2 Å². The molecule has 0 aliphatic carbocycles. The first-order valence-corrected chi connectivity index (χ1v) is 7.84. The third kappa shape index (κ3) is 7.11. The molecule has 2 aromatic rings. The maximum absolute atomic E-state index is 12.6. The fourth-order valence-corrected chi connectivity index (χ4v) is 2.11. The number of phenols is 1. The Morgan fingerprint density at radius 2 is 1.54 bits per heavy atom. The number of hydrogen-bond donors (Lipinski definition) is 3. The van der Waals surface area contributed by atoms with E-state index >= 15 is 0 Å². The van der Waals surface area contributed by atoms with E-state index in [0.717, 1.165) is 23.3 Å². The Balaban J connectivity index is 0.00000338. The standard InChI is InChI=1S/C18H20F3N3O.HI/c1-2-22-17(24-12-14-5-9-16(25)10-6-14)23-11-13-3-7-15(8-4-13)18(19,20)21;/h3-10,25H,2,11-12H2,1H3,(H2,22,23,24);1H. The van der Waals surface area contributed by atoms with Crippen LogP contribution in [0.3, 0.4) is 0 Å². The molecule has 0 amide bonds. The largest absolute Gasteiger partial charge is 0.508 e. The van der Waals surface area contributed by atoms with Crippen molar-refractivity contribution in [3.05, 3.63) is 65.2 Å². The summed E-state index contributed by atoms with van der Waals surface area (Å²) in [5, 5.41) is 15.4. The maximum Gasteiger partial charge on any atom is 0.416 e. The summed E-state index contributed by atoms with van der Waals surface area (Å²) in [6.07, 6.45) is -4.33. The molecule has 142 valence electrons. The molecule has 0 aliphatic heterocycles. The van der Waals surface area contributed by atoms with Gasteiger partial charge >= 0.3 is 6.18 Å². The Kier molecular flexibility index (Phi) is 8.70. The van der Waals surface area contributed by atoms with E-state index in [1.807, 2.05) is 6.92 Å². The smallest absolute Gasteiger partial charge is 0.416 e. The van der Waals surface area contributed by atoms with Gasteiger partial charge in [0.25, 0.3) is 0 Å². The Bertz CT molecular complexity index is 701. The fraction of sp³-hybridized carbons (Fsp3) is 0.278. The molecule has 0 atom stereocenters. The number of alkyl halides is 3. The van der Waals surface area contributed by atoms with E-state index in [2.05, 4.69) is 15.6 Å². The number of aromatic hydroxyl groups is 1. The van der Waals surface area contributed by atoms with Gasteiger partial charge < -0.3 is 15.7 Å². The van der Waals surface area contributed by atoms with Crippen molar-refractivity contribution >= 4 is 29.9 Å². The number of benzene rings is 2. The molecule has 0 bridgehead atoms. The molecule has 3 N–H and O–H groups in total. The van der Waals surface area contributed by atoms with Crippen molar-refractivity contribution in [3.8, 4) is 5.75 Å². The molecule has 0 radical (unpaired) electrons. The first-order chi connectivity index (χ1) is 11.9. The van der Waals surface area contributed by atoms with Crippen LogP contribution in [0.15, 0.2) is 53.5 Å². The van der Waals surface area contributed by atoms with Gasteiger partial charge in [-0.1, -0.05) is 24.3 Å². The van der Waals surface area contributed by atoms with E-state index < -0.39 is 11.7 Å². The highest BCUT2D eigenvalue weighted by Gasteiger charge is 2.29. The number of guanidine groups is 1. The first kappa shape index (κ1) is 22.1. The average Bonchev–Trinajstić information content (AvgIpc) is 2.58. The molecule has 0 saturated heterocycles. The van der Waals surface area contributed by atoms with Gasteiger partial charge in [-0.05, 0) is 42.3 Å². The topological polar surface area (TPSA) is 56.7 Å². The van der Waals surface area contributed by atoms with Crippen LogP contribution >= 0.6 is 24.0 Å². The summed E-state index contributed by atoms with van der Waals surface area (Å²) < 4.78 is 37.7. The lowest BCUT2D eigenvalue weighted by atomic mass is 10.1. The summed E-state index contributed by atoms with van der Waals surface area (Å²) >= 11 is 0. The van der Waals surface area contributed by atoms with Gasteiger partial charge in [-0.25, -0.2) is 4.99 Å². The number of nitrogens with zero attached hydrogens (tertiary/aromatic N) is 1. The molecular formula is C18H21F3IN3O. The number of aliphatic imine (C=N–C) groups is 1. The molecule has 2 aromatic carbocycles. The van der Waals surface area contributed by atoms with Crippen LogP contribution in [0.25, 0.3) is 0 Å². The third-order valence-corrected chi connectivity index (χ3v) is 3.44. The number of nitrogens with one attached hydrogen (secondary N) is 2. The molecule has 0 aromatic heterocycles. The van der Waals surface area contributed by atoms with E-state index in [1.54, 1.807) is 24.3 Å². The number of halogens is 4. The molecule has 0 unspecified atom stereocenters. The summed E-state index contributed by atoms with van der Waals surface area (Å²) in [5.74, 6) is 0.760. The summed E-state index contributed by atoms with van der Waals surface area (Å²) in [6, 6.07) is 11.8. The van der Waals surface area contributed by atoms with Crippen molar-refractivity contribution < 1.29 is 18.3 Å². The van der Waals surface area contributed by atoms with Gasteiger partial charge in [-0.3, -0.25) is 0 Å².